The molecule has 0 aliphatic carbocycles. The molecule has 0 heterocycles. The number of benzene rings is 1. The largest absolute Gasteiger partial charge is 0.355 e. The van der Waals surface area contributed by atoms with E-state index in [1.165, 1.54) is 0 Å². The van der Waals surface area contributed by atoms with Crippen molar-refractivity contribution >= 4 is 53.1 Å². The molecule has 0 aromatic heterocycles. The van der Waals surface area contributed by atoms with Gasteiger partial charge in [-0.3, -0.25) is 33.6 Å². The molecule has 0 radical (unpaired) electrons. The van der Waals surface area contributed by atoms with Crippen molar-refractivity contribution < 1.29 is 33.6 Å². The highest BCUT2D eigenvalue weighted by Crippen LogP contribution is 2.14. The fourth-order valence-corrected chi connectivity index (χ4v) is 6.23. The molecule has 7 amide bonds. The van der Waals surface area contributed by atoms with Gasteiger partial charge in [-0.05, 0) is 30.5 Å². The van der Waals surface area contributed by atoms with Crippen molar-refractivity contribution in [3.05, 3.63) is 29.8 Å². The van der Waals surface area contributed by atoms with E-state index in [4.69, 9.17) is 22.9 Å². The Morgan fingerprint density at radius 3 is 0.919 bits per heavy atom. The highest BCUT2D eigenvalue weighted by atomic mass is 32.2. The molecule has 0 fully saturated rings. The summed E-state index contributed by atoms with van der Waals surface area (Å²) in [6.07, 6.45) is 3.05. The lowest BCUT2D eigenvalue weighted by Gasteiger charge is -2.24. The van der Waals surface area contributed by atoms with E-state index in [1.807, 2.05) is 33.1 Å². The molecule has 0 bridgehead atoms. The normalized spacial score (nSPS) is 11.0. The molecule has 22 heteroatoms. The summed E-state index contributed by atoms with van der Waals surface area (Å²) in [6.45, 7) is 7.02. The topological polar surface area (TPSA) is 317 Å². The number of hydrogen-bond donors (Lipinski definition) is 11. The first-order valence-corrected chi connectivity index (χ1v) is 22.7. The summed E-state index contributed by atoms with van der Waals surface area (Å²) in [4.78, 5) is 94.6. The van der Waals surface area contributed by atoms with E-state index in [-0.39, 0.29) is 99.5 Å². The van der Waals surface area contributed by atoms with Crippen LogP contribution in [-0.4, -0.2) is 193 Å². The van der Waals surface area contributed by atoms with Gasteiger partial charge in [0, 0.05) is 180 Å². The van der Waals surface area contributed by atoms with E-state index in [9.17, 15) is 33.6 Å². The second-order valence-electron chi connectivity index (χ2n) is 14.3. The predicted octanol–water partition coefficient (Wildman–Crippen LogP) is -4.08. The van der Waals surface area contributed by atoms with Crippen molar-refractivity contribution in [2.45, 2.75) is 43.4 Å². The first-order chi connectivity index (χ1) is 29.9. The molecule has 0 aliphatic heterocycles. The van der Waals surface area contributed by atoms with Gasteiger partial charge in [0.25, 0.3) is 5.91 Å². The lowest BCUT2D eigenvalue weighted by Crippen LogP contribution is -2.42. The van der Waals surface area contributed by atoms with Gasteiger partial charge < -0.3 is 74.9 Å². The fourth-order valence-electron chi connectivity index (χ4n) is 5.82. The number of thioether (sulfide) groups is 1. The Bertz CT molecular complexity index is 1340. The van der Waals surface area contributed by atoms with Gasteiger partial charge in [-0.15, -0.1) is 11.8 Å². The SMILES string of the molecule is CSc1ccc(C(=O)NCCN(CCC(=O)NCCN(CCC(=O)NCCN)CCC(=O)NCCN)CCC(=O)NCCN(CCC(=O)NCCN)CCC(=O)NCCN)cc1. The van der Waals surface area contributed by atoms with Crippen LogP contribution in [0.5, 0.6) is 0 Å². The molecule has 1 rings (SSSR count). The smallest absolute Gasteiger partial charge is 0.251 e. The number of nitrogens with one attached hydrogen (secondary N) is 7. The fraction of sp³-hybridized carbons (Fsp3) is 0.675. The van der Waals surface area contributed by atoms with Crippen molar-refractivity contribution in [1.29, 1.82) is 0 Å². The zero-order valence-corrected chi connectivity index (χ0v) is 37.4. The number of nitrogens with zero attached hydrogens (tertiary/aromatic N) is 3. The third-order valence-corrected chi connectivity index (χ3v) is 10.1. The third kappa shape index (κ3) is 29.0. The van der Waals surface area contributed by atoms with Crippen molar-refractivity contribution in [2.24, 2.45) is 22.9 Å². The summed E-state index contributed by atoms with van der Waals surface area (Å²) < 4.78 is 0. The lowest BCUT2D eigenvalue weighted by atomic mass is 10.2. The zero-order valence-electron chi connectivity index (χ0n) is 36.6. The molecule has 0 spiro atoms. The average Bonchev–Trinajstić information content (AvgIpc) is 3.27. The lowest BCUT2D eigenvalue weighted by molar-refractivity contribution is -0.123. The minimum atomic E-state index is -0.232. The van der Waals surface area contributed by atoms with Crippen LogP contribution in [0.25, 0.3) is 0 Å². The Hall–Kier alpha value is -4.42. The molecule has 1 aromatic carbocycles. The molecular formula is C40H74N14O7S. The summed E-state index contributed by atoms with van der Waals surface area (Å²) in [5, 5.41) is 19.7. The first kappa shape index (κ1) is 55.6. The maximum Gasteiger partial charge on any atom is 0.251 e. The molecular weight excluding hydrogens is 821 g/mol. The Morgan fingerprint density at radius 2 is 0.661 bits per heavy atom. The molecule has 0 saturated heterocycles. The van der Waals surface area contributed by atoms with Crippen molar-refractivity contribution in [1.82, 2.24) is 51.9 Å². The zero-order chi connectivity index (χ0) is 45.8. The molecule has 0 aliphatic rings. The predicted molar refractivity (Wildman–Crippen MR) is 242 cm³/mol. The van der Waals surface area contributed by atoms with Crippen LogP contribution in [0.1, 0.15) is 48.9 Å². The summed E-state index contributed by atoms with van der Waals surface area (Å²) >= 11 is 1.58. The number of carbonyl (C=O) groups excluding carboxylic acids is 7. The molecule has 352 valence electrons. The summed E-state index contributed by atoms with van der Waals surface area (Å²) in [5.41, 5.74) is 22.5. The van der Waals surface area contributed by atoms with Crippen LogP contribution >= 0.6 is 11.8 Å². The minimum absolute atomic E-state index is 0.126. The van der Waals surface area contributed by atoms with E-state index in [2.05, 4.69) is 37.2 Å². The van der Waals surface area contributed by atoms with E-state index in [0.717, 1.165) is 4.90 Å². The summed E-state index contributed by atoms with van der Waals surface area (Å²) in [5.74, 6) is -1.28. The molecule has 1 aromatic rings. The molecule has 21 nitrogen and oxygen atoms in total. The number of nitrogens with two attached hydrogens (primary N) is 4. The first-order valence-electron chi connectivity index (χ1n) is 21.4. The molecule has 0 atom stereocenters. The monoisotopic (exact) mass is 895 g/mol. The Morgan fingerprint density at radius 1 is 0.403 bits per heavy atom. The van der Waals surface area contributed by atoms with Gasteiger partial charge in [0.15, 0.2) is 0 Å². The van der Waals surface area contributed by atoms with Crippen LogP contribution in [0.3, 0.4) is 0 Å². The van der Waals surface area contributed by atoms with Crippen LogP contribution in [-0.2, 0) is 28.8 Å². The highest BCUT2D eigenvalue weighted by molar-refractivity contribution is 7.98. The third-order valence-electron chi connectivity index (χ3n) is 9.36. The number of carbonyl (C=O) groups is 7. The number of hydrogen-bond acceptors (Lipinski definition) is 15. The van der Waals surface area contributed by atoms with Crippen molar-refractivity contribution in [2.75, 3.05) is 137 Å². The van der Waals surface area contributed by atoms with Crippen molar-refractivity contribution in [3.63, 3.8) is 0 Å². The van der Waals surface area contributed by atoms with Gasteiger partial charge in [-0.25, -0.2) is 0 Å². The Labute approximate surface area is 371 Å². The van der Waals surface area contributed by atoms with Gasteiger partial charge in [0.05, 0.1) is 0 Å². The maximum atomic E-state index is 13.0. The van der Waals surface area contributed by atoms with E-state index in [1.54, 1.807) is 23.9 Å². The van der Waals surface area contributed by atoms with Gasteiger partial charge in [0.1, 0.15) is 0 Å². The molecule has 62 heavy (non-hydrogen) atoms. The van der Waals surface area contributed by atoms with Crippen LogP contribution in [0, 0.1) is 0 Å². The van der Waals surface area contributed by atoms with Crippen molar-refractivity contribution in [3.8, 4) is 0 Å². The maximum absolute atomic E-state index is 13.0. The van der Waals surface area contributed by atoms with Crippen LogP contribution in [0.4, 0.5) is 0 Å². The van der Waals surface area contributed by atoms with Gasteiger partial charge >= 0.3 is 0 Å². The molecule has 0 unspecified atom stereocenters. The van der Waals surface area contributed by atoms with Gasteiger partial charge in [-0.2, -0.15) is 0 Å². The van der Waals surface area contributed by atoms with Gasteiger partial charge in [0.2, 0.25) is 35.4 Å². The number of amides is 7. The van der Waals surface area contributed by atoms with E-state index < -0.39 is 0 Å². The molecule has 15 N–H and O–H groups in total. The highest BCUT2D eigenvalue weighted by Gasteiger charge is 2.16. The second kappa shape index (κ2) is 36.1. The van der Waals surface area contributed by atoms with Crippen LogP contribution in [0.2, 0.25) is 0 Å². The quantitative estimate of drug-likeness (QED) is 0.0283. The standard InChI is InChI=1S/C40H74N14O7S/c1-62-33-4-2-32(3-5-33)40(61)51-22-31-54(27-10-38(59)49-20-29-52(23-6-34(55)45-16-12-41)24-7-35(56)46-17-13-42)28-11-39(60)50-21-30-53(25-8-36(57)47-18-14-43)26-9-37(58)48-19-15-44/h2-5H,6-31,41-44H2,1H3,(H,45,55)(H,46,56)(H,47,57)(H,48,58)(H,49,59)(H,50,60)(H,51,61). The van der Waals surface area contributed by atoms with Crippen LogP contribution in [0.15, 0.2) is 29.2 Å². The minimum Gasteiger partial charge on any atom is -0.355 e. The van der Waals surface area contributed by atoms with Crippen LogP contribution < -0.4 is 60.2 Å². The van der Waals surface area contributed by atoms with E-state index in [0.29, 0.717) is 117 Å². The Balaban J connectivity index is 2.82. The van der Waals surface area contributed by atoms with Gasteiger partial charge in [-0.1, -0.05) is 0 Å². The molecule has 0 saturated carbocycles. The summed E-state index contributed by atoms with van der Waals surface area (Å²) in [6, 6.07) is 7.28. The Kier molecular flexibility index (Phi) is 32.4. The number of rotatable bonds is 37. The van der Waals surface area contributed by atoms with E-state index >= 15 is 0 Å². The average molecular weight is 895 g/mol. The summed E-state index contributed by atoms with van der Waals surface area (Å²) in [7, 11) is 0. The second-order valence-corrected chi connectivity index (χ2v) is 15.1.